The van der Waals surface area contributed by atoms with Crippen LogP contribution in [0.15, 0.2) is 70.2 Å². The Bertz CT molecular complexity index is 1230. The van der Waals surface area contributed by atoms with Gasteiger partial charge in [-0.25, -0.2) is 8.42 Å². The summed E-state index contributed by atoms with van der Waals surface area (Å²) in [5, 5.41) is 10.1. The first-order chi connectivity index (χ1) is 13.5. The van der Waals surface area contributed by atoms with Gasteiger partial charge in [0.25, 0.3) is 0 Å². The summed E-state index contributed by atoms with van der Waals surface area (Å²) >= 11 is 0. The molecule has 5 nitrogen and oxygen atoms in total. The van der Waals surface area contributed by atoms with Crippen LogP contribution in [0.4, 0.5) is 0 Å². The van der Waals surface area contributed by atoms with Crippen molar-refractivity contribution in [2.45, 2.75) is 32.6 Å². The van der Waals surface area contributed by atoms with Crippen LogP contribution in [0.1, 0.15) is 36.1 Å². The Labute approximate surface area is 170 Å². The number of ketones is 1. The first-order valence-corrected chi connectivity index (χ1v) is 10.4. The minimum absolute atomic E-state index is 0.117. The fraction of sp³-hybridized carbons (Fsp3) is 0.174. The van der Waals surface area contributed by atoms with E-state index in [0.717, 1.165) is 0 Å². The third-order valence-electron chi connectivity index (χ3n) is 5.03. The molecule has 6 heteroatoms. The molecule has 0 atom stereocenters. The van der Waals surface area contributed by atoms with Crippen LogP contribution in [0.25, 0.3) is 5.57 Å². The lowest BCUT2D eigenvalue weighted by Crippen LogP contribution is -2.09. The maximum absolute atomic E-state index is 12.1. The van der Waals surface area contributed by atoms with Crippen LogP contribution in [-0.4, -0.2) is 23.9 Å². The number of phenols is 1. The molecule has 0 radical (unpaired) electrons. The minimum Gasteiger partial charge on any atom is -0.744 e. The van der Waals surface area contributed by atoms with Crippen molar-refractivity contribution in [3.63, 3.8) is 0 Å². The van der Waals surface area contributed by atoms with Gasteiger partial charge >= 0.3 is 0 Å². The maximum Gasteiger partial charge on any atom is 0.181 e. The van der Waals surface area contributed by atoms with Crippen LogP contribution in [0.2, 0.25) is 0 Å². The summed E-state index contributed by atoms with van der Waals surface area (Å²) < 4.78 is 35.9. The average molecular weight is 409 g/mol. The van der Waals surface area contributed by atoms with Gasteiger partial charge in [0.1, 0.15) is 15.9 Å². The highest BCUT2D eigenvalue weighted by atomic mass is 32.2. The first-order valence-electron chi connectivity index (χ1n) is 9.02. The van der Waals surface area contributed by atoms with Crippen molar-refractivity contribution in [3.05, 3.63) is 87.5 Å². The van der Waals surface area contributed by atoms with E-state index in [4.69, 9.17) is 0 Å². The quantitative estimate of drug-likeness (QED) is 0.767. The summed E-state index contributed by atoms with van der Waals surface area (Å²) in [6.45, 7) is 7.00. The molecule has 0 saturated carbocycles. The minimum atomic E-state index is -4.74. The van der Waals surface area contributed by atoms with Crippen LogP contribution < -0.4 is 0 Å². The molecule has 0 amide bonds. The van der Waals surface area contributed by atoms with Crippen molar-refractivity contribution in [1.82, 2.24) is 0 Å². The lowest BCUT2D eigenvalue weighted by molar-refractivity contribution is -0.111. The Morgan fingerprint density at radius 2 is 1.55 bits per heavy atom. The summed E-state index contributed by atoms with van der Waals surface area (Å²) in [5.74, 6) is 0.00656. The second kappa shape index (κ2) is 7.46. The molecule has 0 fully saturated rings. The highest BCUT2D eigenvalue weighted by Crippen LogP contribution is 2.39. The molecular weight excluding hydrogens is 388 g/mol. The number of phenolic OH excluding ortho intramolecular Hbond substituents is 1. The molecule has 0 spiro atoms. The lowest BCUT2D eigenvalue weighted by atomic mass is 9.83. The van der Waals surface area contributed by atoms with Crippen LogP contribution in [0.3, 0.4) is 0 Å². The number of carbonyl (C=O) groups is 1. The Hall–Kier alpha value is -2.96. The topological polar surface area (TPSA) is 94.5 Å². The number of aromatic hydroxyl groups is 1. The van der Waals surface area contributed by atoms with Crippen molar-refractivity contribution in [2.24, 2.45) is 0 Å². The first kappa shape index (κ1) is 20.8. The molecule has 29 heavy (non-hydrogen) atoms. The second-order valence-electron chi connectivity index (χ2n) is 7.21. The molecule has 150 valence electrons. The predicted molar refractivity (Wildman–Crippen MR) is 111 cm³/mol. The number of hydrogen-bond donors (Lipinski definition) is 1. The van der Waals surface area contributed by atoms with Gasteiger partial charge in [-0.15, -0.1) is 0 Å². The molecule has 3 rings (SSSR count). The monoisotopic (exact) mass is 409 g/mol. The van der Waals surface area contributed by atoms with E-state index >= 15 is 0 Å². The average Bonchev–Trinajstić information content (AvgIpc) is 2.63. The maximum atomic E-state index is 12.1. The zero-order valence-corrected chi connectivity index (χ0v) is 17.4. The molecule has 2 aromatic rings. The number of hydrogen-bond acceptors (Lipinski definition) is 5. The Kier molecular flexibility index (Phi) is 5.34. The Morgan fingerprint density at radius 1 is 0.897 bits per heavy atom. The van der Waals surface area contributed by atoms with Gasteiger partial charge in [-0.3, -0.25) is 4.79 Å². The Morgan fingerprint density at radius 3 is 2.21 bits per heavy atom. The van der Waals surface area contributed by atoms with Crippen molar-refractivity contribution >= 4 is 21.5 Å². The van der Waals surface area contributed by atoms with E-state index in [0.29, 0.717) is 39.0 Å². The van der Waals surface area contributed by atoms with Crippen LogP contribution in [-0.2, 0) is 14.9 Å². The van der Waals surface area contributed by atoms with E-state index in [9.17, 15) is 22.9 Å². The molecule has 0 saturated heterocycles. The summed E-state index contributed by atoms with van der Waals surface area (Å²) in [4.78, 5) is 11.8. The van der Waals surface area contributed by atoms with E-state index in [-0.39, 0.29) is 22.0 Å². The third kappa shape index (κ3) is 3.95. The normalized spacial score (nSPS) is 16.4. The highest BCUT2D eigenvalue weighted by molar-refractivity contribution is 7.85. The van der Waals surface area contributed by atoms with E-state index in [1.165, 1.54) is 18.2 Å². The lowest BCUT2D eigenvalue weighted by Gasteiger charge is -2.23. The molecule has 1 N–H and O–H groups in total. The summed E-state index contributed by atoms with van der Waals surface area (Å²) in [5.41, 5.74) is 4.63. The van der Waals surface area contributed by atoms with E-state index in [1.807, 2.05) is 0 Å². The van der Waals surface area contributed by atoms with Crippen molar-refractivity contribution in [1.29, 1.82) is 0 Å². The number of carbonyl (C=O) groups excluding carboxylic acids is 1. The zero-order chi connectivity index (χ0) is 21.5. The van der Waals surface area contributed by atoms with Gasteiger partial charge in [-0.05, 0) is 97.0 Å². The molecule has 2 aromatic carbocycles. The number of benzene rings is 2. The third-order valence-corrected chi connectivity index (χ3v) is 5.92. The van der Waals surface area contributed by atoms with E-state index in [1.54, 1.807) is 58.0 Å². The van der Waals surface area contributed by atoms with Gasteiger partial charge in [0, 0.05) is 5.56 Å². The molecule has 0 aromatic heterocycles. The zero-order valence-electron chi connectivity index (χ0n) is 16.6. The van der Waals surface area contributed by atoms with Crippen molar-refractivity contribution in [2.75, 3.05) is 0 Å². The van der Waals surface area contributed by atoms with Crippen molar-refractivity contribution < 1.29 is 22.9 Å². The highest BCUT2D eigenvalue weighted by Gasteiger charge is 2.23. The van der Waals surface area contributed by atoms with Gasteiger partial charge in [0.15, 0.2) is 5.78 Å². The van der Waals surface area contributed by atoms with Crippen LogP contribution in [0.5, 0.6) is 5.75 Å². The standard InChI is InChI=1S/C23H22O5S/c1-13-11-20(24)15(3)9-18(13)23(19-10-16(4)21(25)12-14(19)2)17-7-5-6-8-22(17)29(26,27)28/h5-12,24H,1-4H3,(H,26,27,28)/p-1. The molecule has 0 aliphatic heterocycles. The summed E-state index contributed by atoms with van der Waals surface area (Å²) in [6.07, 6.45) is 3.21. The van der Waals surface area contributed by atoms with Crippen LogP contribution >= 0.6 is 0 Å². The number of allylic oxidation sites excluding steroid dienone is 5. The molecule has 0 heterocycles. The number of aryl methyl sites for hydroxylation is 2. The van der Waals surface area contributed by atoms with Gasteiger partial charge in [0.05, 0.1) is 4.90 Å². The molecule has 0 bridgehead atoms. The smallest absolute Gasteiger partial charge is 0.181 e. The summed E-state index contributed by atoms with van der Waals surface area (Å²) in [7, 11) is -4.74. The molecular formula is C23H21O5S-. The number of rotatable bonds is 3. The van der Waals surface area contributed by atoms with Gasteiger partial charge in [0.2, 0.25) is 0 Å². The van der Waals surface area contributed by atoms with Crippen LogP contribution in [0, 0.1) is 13.8 Å². The summed E-state index contributed by atoms with van der Waals surface area (Å²) in [6, 6.07) is 9.39. The molecule has 0 unspecified atom stereocenters. The molecule has 1 aliphatic rings. The van der Waals surface area contributed by atoms with E-state index in [2.05, 4.69) is 0 Å². The van der Waals surface area contributed by atoms with Gasteiger partial charge in [-0.2, -0.15) is 0 Å². The van der Waals surface area contributed by atoms with Gasteiger partial charge < -0.3 is 9.66 Å². The van der Waals surface area contributed by atoms with Gasteiger partial charge in [-0.1, -0.05) is 18.2 Å². The second-order valence-corrected chi connectivity index (χ2v) is 8.56. The Balaban J connectivity index is 2.51. The van der Waals surface area contributed by atoms with E-state index < -0.39 is 10.1 Å². The fourth-order valence-corrected chi connectivity index (χ4v) is 4.14. The fourth-order valence-electron chi connectivity index (χ4n) is 3.46. The van der Waals surface area contributed by atoms with Crippen molar-refractivity contribution in [3.8, 4) is 5.75 Å². The predicted octanol–water partition coefficient (Wildman–Crippen LogP) is 4.19. The molecule has 1 aliphatic carbocycles. The SMILES string of the molecule is CC1=CC(=C(c2cc(C)c(O)cc2C)c2ccccc2S(=O)(=O)[O-])C(C)=CC1=O. The largest absolute Gasteiger partial charge is 0.744 e.